The van der Waals surface area contributed by atoms with Gasteiger partial charge in [-0.3, -0.25) is 9.59 Å². The third kappa shape index (κ3) is 3.23. The molecular weight excluding hydrogens is 375 g/mol. The quantitative estimate of drug-likeness (QED) is 0.850. The maximum absolute atomic E-state index is 12.9. The number of rotatable bonds is 2. The van der Waals surface area contributed by atoms with Crippen molar-refractivity contribution in [1.82, 2.24) is 4.90 Å². The second-order valence-corrected chi connectivity index (χ2v) is 7.42. The van der Waals surface area contributed by atoms with Crippen LogP contribution in [0.3, 0.4) is 0 Å². The lowest BCUT2D eigenvalue weighted by Crippen LogP contribution is -2.34. The molecule has 1 amide bonds. The van der Waals surface area contributed by atoms with E-state index in [2.05, 4.69) is 15.9 Å². The standard InChI is InChI=1S/C12H11BrF3NO3S/c1-5-2-6(9(13)21-5)10(18)17-3-7(11(19)20)8(4-17)12(14,15)16/h2,7-8H,3-4H2,1H3,(H,19,20)/t7-,8-/m1/s1. The van der Waals surface area contributed by atoms with Crippen LogP contribution in [-0.4, -0.2) is 41.1 Å². The number of nitrogens with zero attached hydrogens (tertiary/aromatic N) is 1. The van der Waals surface area contributed by atoms with Crippen LogP contribution in [0.1, 0.15) is 15.2 Å². The third-order valence-corrected chi connectivity index (χ3v) is 5.14. The van der Waals surface area contributed by atoms with Gasteiger partial charge in [-0.1, -0.05) is 0 Å². The SMILES string of the molecule is Cc1cc(C(=O)N2C[C@@H](C(F)(F)F)[C@H](C(=O)O)C2)c(Br)s1. The summed E-state index contributed by atoms with van der Waals surface area (Å²) < 4.78 is 39.2. The van der Waals surface area contributed by atoms with Gasteiger partial charge in [-0.05, 0) is 28.9 Å². The molecule has 0 aliphatic carbocycles. The van der Waals surface area contributed by atoms with Crippen LogP contribution in [0, 0.1) is 18.8 Å². The summed E-state index contributed by atoms with van der Waals surface area (Å²) in [5.41, 5.74) is 0.268. The fraction of sp³-hybridized carbons (Fsp3) is 0.500. The van der Waals surface area contributed by atoms with Crippen LogP contribution in [0.2, 0.25) is 0 Å². The van der Waals surface area contributed by atoms with Gasteiger partial charge >= 0.3 is 12.1 Å². The average molecular weight is 386 g/mol. The van der Waals surface area contributed by atoms with Crippen molar-refractivity contribution in [2.75, 3.05) is 13.1 Å². The molecule has 1 N–H and O–H groups in total. The number of hydrogen-bond acceptors (Lipinski definition) is 3. The van der Waals surface area contributed by atoms with Gasteiger partial charge in [0, 0.05) is 18.0 Å². The number of carbonyl (C=O) groups is 2. The van der Waals surface area contributed by atoms with Gasteiger partial charge in [0.05, 0.1) is 21.2 Å². The van der Waals surface area contributed by atoms with E-state index in [0.29, 0.717) is 3.79 Å². The summed E-state index contributed by atoms with van der Waals surface area (Å²) in [5.74, 6) is -5.76. The minimum atomic E-state index is -4.64. The summed E-state index contributed by atoms with van der Waals surface area (Å²) in [7, 11) is 0. The minimum absolute atomic E-state index is 0.268. The first-order valence-corrected chi connectivity index (χ1v) is 7.57. The Morgan fingerprint density at radius 2 is 2.05 bits per heavy atom. The second kappa shape index (κ2) is 5.60. The zero-order valence-corrected chi connectivity index (χ0v) is 13.2. The smallest absolute Gasteiger partial charge is 0.394 e. The molecule has 0 aromatic carbocycles. The number of carboxylic acids is 1. The van der Waals surface area contributed by atoms with Crippen LogP contribution < -0.4 is 0 Å². The van der Waals surface area contributed by atoms with Gasteiger partial charge in [0.25, 0.3) is 5.91 Å². The van der Waals surface area contributed by atoms with Crippen LogP contribution in [0.4, 0.5) is 13.2 Å². The predicted octanol–water partition coefficient (Wildman–Crippen LogP) is 3.15. The highest BCUT2D eigenvalue weighted by atomic mass is 79.9. The molecule has 1 aliphatic heterocycles. The Balaban J connectivity index is 2.25. The highest BCUT2D eigenvalue weighted by Gasteiger charge is 2.53. The van der Waals surface area contributed by atoms with Crippen molar-refractivity contribution in [2.45, 2.75) is 13.1 Å². The van der Waals surface area contributed by atoms with E-state index < -0.39 is 43.0 Å². The fourth-order valence-electron chi connectivity index (χ4n) is 2.35. The number of hydrogen-bond donors (Lipinski definition) is 1. The number of amides is 1. The molecule has 2 atom stereocenters. The lowest BCUT2D eigenvalue weighted by atomic mass is 9.96. The highest BCUT2D eigenvalue weighted by molar-refractivity contribution is 9.11. The van der Waals surface area contributed by atoms with Crippen LogP contribution in [0.25, 0.3) is 0 Å². The number of carboxylic acid groups (broad SMARTS) is 1. The zero-order chi connectivity index (χ0) is 15.9. The number of thiophene rings is 1. The Kier molecular flexibility index (Phi) is 4.34. The molecule has 9 heteroatoms. The summed E-state index contributed by atoms with van der Waals surface area (Å²) in [6.07, 6.45) is -4.64. The van der Waals surface area contributed by atoms with E-state index in [1.807, 2.05) is 0 Å². The number of halogens is 4. The Morgan fingerprint density at radius 3 is 2.43 bits per heavy atom. The van der Waals surface area contributed by atoms with E-state index in [0.717, 1.165) is 9.78 Å². The maximum Gasteiger partial charge on any atom is 0.394 e. The van der Waals surface area contributed by atoms with Crippen molar-refractivity contribution < 1.29 is 27.9 Å². The highest BCUT2D eigenvalue weighted by Crippen LogP contribution is 2.39. The predicted molar refractivity (Wildman–Crippen MR) is 73.3 cm³/mol. The summed E-state index contributed by atoms with van der Waals surface area (Å²) in [6, 6.07) is 1.58. The molecule has 0 saturated carbocycles. The topological polar surface area (TPSA) is 57.6 Å². The van der Waals surface area contributed by atoms with Crippen LogP contribution >= 0.6 is 27.3 Å². The van der Waals surface area contributed by atoms with Gasteiger partial charge in [0.15, 0.2) is 0 Å². The van der Waals surface area contributed by atoms with Crippen molar-refractivity contribution in [3.63, 3.8) is 0 Å². The number of alkyl halides is 3. The molecule has 2 rings (SSSR count). The summed E-state index contributed by atoms with van der Waals surface area (Å²) in [5, 5.41) is 8.93. The fourth-order valence-corrected chi connectivity index (χ4v) is 4.12. The molecule has 1 fully saturated rings. The lowest BCUT2D eigenvalue weighted by molar-refractivity contribution is -0.187. The Bertz CT molecular complexity index is 587. The van der Waals surface area contributed by atoms with E-state index in [1.165, 1.54) is 11.3 Å². The molecule has 0 bridgehead atoms. The molecule has 1 aromatic rings. The molecule has 0 radical (unpaired) electrons. The average Bonchev–Trinajstić information content (AvgIpc) is 2.91. The molecule has 1 aromatic heterocycles. The molecule has 2 heterocycles. The largest absolute Gasteiger partial charge is 0.481 e. The molecule has 0 spiro atoms. The van der Waals surface area contributed by atoms with Crippen molar-refractivity contribution in [2.24, 2.45) is 11.8 Å². The van der Waals surface area contributed by atoms with E-state index in [1.54, 1.807) is 13.0 Å². The molecule has 21 heavy (non-hydrogen) atoms. The Hall–Kier alpha value is -1.09. The molecule has 4 nitrogen and oxygen atoms in total. The van der Waals surface area contributed by atoms with Crippen molar-refractivity contribution in [3.05, 3.63) is 20.3 Å². The van der Waals surface area contributed by atoms with Gasteiger partial charge < -0.3 is 10.0 Å². The van der Waals surface area contributed by atoms with Crippen molar-refractivity contribution in [1.29, 1.82) is 0 Å². The summed E-state index contributed by atoms with van der Waals surface area (Å²) >= 11 is 4.50. The number of aryl methyl sites for hydroxylation is 1. The first-order chi connectivity index (χ1) is 9.61. The van der Waals surface area contributed by atoms with Gasteiger partial charge in [0.1, 0.15) is 0 Å². The van der Waals surface area contributed by atoms with Gasteiger partial charge in [-0.2, -0.15) is 13.2 Å². The summed E-state index contributed by atoms with van der Waals surface area (Å²) in [4.78, 5) is 25.1. The molecular formula is C12H11BrF3NO3S. The monoisotopic (exact) mass is 385 g/mol. The minimum Gasteiger partial charge on any atom is -0.481 e. The van der Waals surface area contributed by atoms with Crippen molar-refractivity contribution >= 4 is 39.1 Å². The summed E-state index contributed by atoms with van der Waals surface area (Å²) in [6.45, 7) is 0.717. The van der Waals surface area contributed by atoms with Crippen molar-refractivity contribution in [3.8, 4) is 0 Å². The zero-order valence-electron chi connectivity index (χ0n) is 10.8. The number of carbonyl (C=O) groups excluding carboxylic acids is 1. The van der Waals surface area contributed by atoms with Gasteiger partial charge in [-0.25, -0.2) is 0 Å². The number of aliphatic carboxylic acids is 1. The van der Waals surface area contributed by atoms with Crippen LogP contribution in [-0.2, 0) is 4.79 Å². The van der Waals surface area contributed by atoms with E-state index in [-0.39, 0.29) is 5.56 Å². The second-order valence-electron chi connectivity index (χ2n) is 4.85. The Morgan fingerprint density at radius 1 is 1.43 bits per heavy atom. The maximum atomic E-state index is 12.9. The normalized spacial score (nSPS) is 22.6. The van der Waals surface area contributed by atoms with E-state index >= 15 is 0 Å². The first-order valence-electron chi connectivity index (χ1n) is 5.96. The van der Waals surface area contributed by atoms with Crippen LogP contribution in [0.15, 0.2) is 9.85 Å². The Labute approximate surface area is 130 Å². The molecule has 116 valence electrons. The lowest BCUT2D eigenvalue weighted by Gasteiger charge is -2.18. The molecule has 0 unspecified atom stereocenters. The van der Waals surface area contributed by atoms with E-state index in [4.69, 9.17) is 5.11 Å². The van der Waals surface area contributed by atoms with Crippen LogP contribution in [0.5, 0.6) is 0 Å². The number of likely N-dealkylation sites (tertiary alicyclic amines) is 1. The van der Waals surface area contributed by atoms with Gasteiger partial charge in [0.2, 0.25) is 0 Å². The third-order valence-electron chi connectivity index (χ3n) is 3.39. The molecule has 1 aliphatic rings. The van der Waals surface area contributed by atoms with Gasteiger partial charge in [-0.15, -0.1) is 11.3 Å². The molecule has 1 saturated heterocycles. The van der Waals surface area contributed by atoms with E-state index in [9.17, 15) is 22.8 Å². The first kappa shape index (κ1) is 16.3.